The van der Waals surface area contributed by atoms with Crippen molar-refractivity contribution in [2.24, 2.45) is 0 Å². The first-order valence-electron chi connectivity index (χ1n) is 17.4. The normalized spacial score (nSPS) is 12.5. The molecule has 0 aliphatic rings. The van der Waals surface area contributed by atoms with Gasteiger partial charge in [-0.25, -0.2) is 22.0 Å². The highest BCUT2D eigenvalue weighted by Gasteiger charge is 2.29. The number of benzene rings is 3. The zero-order chi connectivity index (χ0) is 40.3. The van der Waals surface area contributed by atoms with Gasteiger partial charge < -0.3 is 14.2 Å². The van der Waals surface area contributed by atoms with E-state index in [9.17, 15) is 22.0 Å². The lowest BCUT2D eigenvalue weighted by molar-refractivity contribution is 0.123. The summed E-state index contributed by atoms with van der Waals surface area (Å²) < 4.78 is 86.8. The fourth-order valence-corrected chi connectivity index (χ4v) is 5.24. The number of ether oxygens (including phenoxy) is 3. The minimum Gasteiger partial charge on any atom is -0.485 e. The molecule has 3 rings (SSSR count). The molecule has 0 aliphatic carbocycles. The number of hydrogen-bond acceptors (Lipinski definition) is 3. The molecule has 0 saturated carbocycles. The third-order valence-electron chi connectivity index (χ3n) is 6.92. The van der Waals surface area contributed by atoms with E-state index < -0.39 is 45.3 Å². The number of halogens is 5. The molecule has 3 nitrogen and oxygen atoms in total. The molecule has 0 bridgehead atoms. The number of hydrogen-bond donors (Lipinski definition) is 0. The monoisotopic (exact) mass is 739 g/mol. The molecule has 8 heteroatoms. The van der Waals surface area contributed by atoms with Crippen molar-refractivity contribution in [1.82, 2.24) is 0 Å². The van der Waals surface area contributed by atoms with Gasteiger partial charge in [0.1, 0.15) is 28.4 Å². The number of rotatable bonds is 3. The van der Waals surface area contributed by atoms with Gasteiger partial charge in [-0.15, -0.1) is 0 Å². The molecule has 0 aliphatic heterocycles. The lowest BCUT2D eigenvalue weighted by Gasteiger charge is -2.27. The van der Waals surface area contributed by atoms with Crippen LogP contribution < -0.4 is 14.2 Å². The smallest absolute Gasteiger partial charge is 0.171 e. The topological polar surface area (TPSA) is 27.7 Å². The molecule has 0 spiro atoms. The molecule has 0 unspecified atom stereocenters. The van der Waals surface area contributed by atoms with Gasteiger partial charge in [-0.2, -0.15) is 0 Å². The predicted molar refractivity (Wildman–Crippen MR) is 208 cm³/mol. The minimum absolute atomic E-state index is 0. The first kappa shape index (κ1) is 48.7. The van der Waals surface area contributed by atoms with Gasteiger partial charge in [0, 0.05) is 11.1 Å². The van der Waals surface area contributed by atoms with Crippen molar-refractivity contribution < 1.29 is 36.2 Å². The van der Waals surface area contributed by atoms with Gasteiger partial charge in [0.05, 0.1) is 0 Å². The third-order valence-corrected chi connectivity index (χ3v) is 6.92. The summed E-state index contributed by atoms with van der Waals surface area (Å²) >= 11 is 0. The molecule has 0 N–H and O–H groups in total. The van der Waals surface area contributed by atoms with E-state index in [-0.39, 0.29) is 46.9 Å². The molecule has 0 atom stereocenters. The number of aryl methyl sites for hydroxylation is 1. The molecule has 0 saturated heterocycles. The molecule has 0 heterocycles. The highest BCUT2D eigenvalue weighted by atomic mass is 19.1. The Bertz CT molecular complexity index is 1430. The van der Waals surface area contributed by atoms with Crippen molar-refractivity contribution in [2.45, 2.75) is 172 Å². The van der Waals surface area contributed by atoms with Crippen LogP contribution in [0.1, 0.15) is 154 Å². The SMILES string of the molecule is C.CC(C)(C)Oc1ccc(F)c(C(C)(C)C)c1F.CC(C)(C)Oc1ccc(F)c(C(C)(C)C)c1F.Cc1ccc(OC(C)(C)C)c(F)c1C(C)(C)C. The zero-order valence-corrected chi connectivity index (χ0v) is 34.6. The first-order chi connectivity index (χ1) is 22.6. The molecule has 0 radical (unpaired) electrons. The summed E-state index contributed by atoms with van der Waals surface area (Å²) in [6.45, 7) is 35.3. The van der Waals surface area contributed by atoms with Crippen LogP contribution in [0.4, 0.5) is 22.0 Å². The summed E-state index contributed by atoms with van der Waals surface area (Å²) in [5, 5.41) is 0. The van der Waals surface area contributed by atoms with E-state index in [4.69, 9.17) is 14.2 Å². The van der Waals surface area contributed by atoms with Crippen LogP contribution in [0, 0.1) is 36.0 Å². The molecule has 52 heavy (non-hydrogen) atoms. The van der Waals surface area contributed by atoms with Crippen molar-refractivity contribution in [3.05, 3.63) is 87.7 Å². The van der Waals surface area contributed by atoms with E-state index in [1.165, 1.54) is 24.3 Å². The summed E-state index contributed by atoms with van der Waals surface area (Å²) in [5.74, 6) is -1.96. The van der Waals surface area contributed by atoms with Crippen molar-refractivity contribution in [1.29, 1.82) is 0 Å². The third kappa shape index (κ3) is 15.0. The lowest BCUT2D eigenvalue weighted by atomic mass is 9.83. The second-order valence-electron chi connectivity index (χ2n) is 18.9. The van der Waals surface area contributed by atoms with Crippen molar-refractivity contribution in [2.75, 3.05) is 0 Å². The summed E-state index contributed by atoms with van der Waals surface area (Å²) in [6, 6.07) is 8.82. The molecule has 0 aromatic heterocycles. The van der Waals surface area contributed by atoms with Crippen LogP contribution in [0.2, 0.25) is 0 Å². The average Bonchev–Trinajstić information content (AvgIpc) is 2.86. The Labute approximate surface area is 312 Å². The van der Waals surface area contributed by atoms with E-state index >= 15 is 0 Å². The maximum atomic E-state index is 14.4. The largest absolute Gasteiger partial charge is 0.485 e. The summed E-state index contributed by atoms with van der Waals surface area (Å²) in [4.78, 5) is 0. The Morgan fingerprint density at radius 3 is 0.827 bits per heavy atom. The Morgan fingerprint density at radius 1 is 0.365 bits per heavy atom. The molecule has 296 valence electrons. The van der Waals surface area contributed by atoms with Crippen LogP contribution in [0.25, 0.3) is 0 Å². The quantitative estimate of drug-likeness (QED) is 0.250. The maximum Gasteiger partial charge on any atom is 0.171 e. The van der Waals surface area contributed by atoms with E-state index in [2.05, 4.69) is 0 Å². The van der Waals surface area contributed by atoms with Crippen molar-refractivity contribution in [3.63, 3.8) is 0 Å². The Balaban J connectivity index is 0.000000743. The standard InChI is InChI=1S/C15H23FO.2C14H20F2O.CH4/c1-10-8-9-11(17-15(5,6)7)13(16)12(10)14(2,3)4;2*1-13(2,3)11-9(15)7-8-10(12(11)16)17-14(4,5)6;/h8-9H,1-7H3;2*7-8H,1-6H3;1H4. The van der Waals surface area contributed by atoms with Gasteiger partial charge in [0.15, 0.2) is 34.7 Å². The molecule has 0 fully saturated rings. The van der Waals surface area contributed by atoms with Gasteiger partial charge in [-0.3, -0.25) is 0 Å². The second-order valence-corrected chi connectivity index (χ2v) is 18.9. The summed E-state index contributed by atoms with van der Waals surface area (Å²) in [6.07, 6.45) is 0. The van der Waals surface area contributed by atoms with Gasteiger partial charge in [-0.05, 0) is 127 Å². The Morgan fingerprint density at radius 2 is 0.596 bits per heavy atom. The lowest BCUT2D eigenvalue weighted by Crippen LogP contribution is -2.25. The highest BCUT2D eigenvalue weighted by Crippen LogP contribution is 2.36. The van der Waals surface area contributed by atoms with Gasteiger partial charge >= 0.3 is 0 Å². The minimum atomic E-state index is -0.604. The van der Waals surface area contributed by atoms with Gasteiger partial charge in [0.25, 0.3) is 0 Å². The Kier molecular flexibility index (Phi) is 16.1. The van der Waals surface area contributed by atoms with Crippen LogP contribution in [-0.2, 0) is 16.2 Å². The van der Waals surface area contributed by atoms with Gasteiger partial charge in [0.2, 0.25) is 0 Å². The molecule has 3 aromatic carbocycles. The Hall–Kier alpha value is -3.29. The summed E-state index contributed by atoms with van der Waals surface area (Å²) in [5.41, 5.74) is -0.955. The van der Waals surface area contributed by atoms with Crippen LogP contribution in [0.5, 0.6) is 17.2 Å². The van der Waals surface area contributed by atoms with Gasteiger partial charge in [-0.1, -0.05) is 75.8 Å². The molecule has 3 aromatic rings. The van der Waals surface area contributed by atoms with Crippen LogP contribution in [0.3, 0.4) is 0 Å². The molecular weight excluding hydrogens is 671 g/mol. The van der Waals surface area contributed by atoms with Crippen molar-refractivity contribution >= 4 is 0 Å². The molecular formula is C44H67F5O3. The van der Waals surface area contributed by atoms with E-state index in [0.29, 0.717) is 5.75 Å². The van der Waals surface area contributed by atoms with E-state index in [0.717, 1.165) is 11.1 Å². The van der Waals surface area contributed by atoms with Crippen LogP contribution in [0.15, 0.2) is 36.4 Å². The highest BCUT2D eigenvalue weighted by molar-refractivity contribution is 5.41. The first-order valence-corrected chi connectivity index (χ1v) is 17.4. The average molecular weight is 739 g/mol. The van der Waals surface area contributed by atoms with E-state index in [1.807, 2.05) is 96.1 Å². The fraction of sp³-hybridized carbons (Fsp3) is 0.591. The second kappa shape index (κ2) is 17.2. The predicted octanol–water partition coefficient (Wildman–Crippen LogP) is 14.1. The summed E-state index contributed by atoms with van der Waals surface area (Å²) in [7, 11) is 0. The molecule has 0 amide bonds. The zero-order valence-electron chi connectivity index (χ0n) is 34.6. The van der Waals surface area contributed by atoms with Crippen molar-refractivity contribution in [3.8, 4) is 17.2 Å². The maximum absolute atomic E-state index is 14.4. The van der Waals surface area contributed by atoms with Crippen LogP contribution in [-0.4, -0.2) is 16.8 Å². The van der Waals surface area contributed by atoms with Crippen LogP contribution >= 0.6 is 0 Å². The fourth-order valence-electron chi connectivity index (χ4n) is 5.24. The van der Waals surface area contributed by atoms with E-state index in [1.54, 1.807) is 47.6 Å².